The predicted molar refractivity (Wildman–Crippen MR) is 75.8 cm³/mol. The molecule has 3 unspecified atom stereocenters. The van der Waals surface area contributed by atoms with Gasteiger partial charge in [0, 0.05) is 31.4 Å². The molecular weight excluding hydrogens is 270 g/mol. The average Bonchev–Trinajstić information content (AvgIpc) is 3.17. The summed E-state index contributed by atoms with van der Waals surface area (Å²) in [6.45, 7) is 1.65. The second-order valence-corrected chi connectivity index (χ2v) is 5.74. The summed E-state index contributed by atoms with van der Waals surface area (Å²) in [5.41, 5.74) is 5.80. The van der Waals surface area contributed by atoms with Crippen LogP contribution in [0.2, 0.25) is 0 Å². The van der Waals surface area contributed by atoms with E-state index in [-0.39, 0.29) is 12.1 Å². The Labute approximate surface area is 121 Å². The molecule has 3 heterocycles. The number of aliphatic hydroxyl groups is 1. The fraction of sp³-hybridized carbons (Fsp3) is 0.538. The van der Waals surface area contributed by atoms with Gasteiger partial charge in [-0.15, -0.1) is 0 Å². The van der Waals surface area contributed by atoms with Crippen molar-refractivity contribution in [1.29, 1.82) is 0 Å². The molecule has 4 rings (SSSR count). The largest absolute Gasteiger partial charge is 0.393 e. The van der Waals surface area contributed by atoms with Crippen molar-refractivity contribution in [2.24, 2.45) is 11.8 Å². The molecule has 8 nitrogen and oxygen atoms in total. The van der Waals surface area contributed by atoms with Crippen molar-refractivity contribution in [3.05, 3.63) is 18.7 Å². The highest BCUT2D eigenvalue weighted by Crippen LogP contribution is 2.39. The number of fused-ring (bicyclic) bond motifs is 1. The first-order chi connectivity index (χ1) is 10.2. The number of nitrogens with zero attached hydrogens (tertiary/aromatic N) is 6. The Morgan fingerprint density at radius 1 is 1.14 bits per heavy atom. The number of nitrogens with two attached hydrogens (primary N) is 1. The Kier molecular flexibility index (Phi) is 2.78. The van der Waals surface area contributed by atoms with Gasteiger partial charge < -0.3 is 15.7 Å². The van der Waals surface area contributed by atoms with Crippen molar-refractivity contribution in [3.8, 4) is 5.95 Å². The Balaban J connectivity index is 1.64. The molecule has 1 saturated carbocycles. The van der Waals surface area contributed by atoms with Gasteiger partial charge in [-0.05, 0) is 18.8 Å². The van der Waals surface area contributed by atoms with Crippen LogP contribution >= 0.6 is 0 Å². The van der Waals surface area contributed by atoms with Crippen molar-refractivity contribution in [2.45, 2.75) is 18.9 Å². The molecule has 21 heavy (non-hydrogen) atoms. The SMILES string of the molecule is Nc1nc(N2CC3CCC(O)C3C2)nc(-n2ccnc2)n1. The molecular formula is C13H17N7O. The third-order valence-corrected chi connectivity index (χ3v) is 4.47. The fourth-order valence-corrected chi connectivity index (χ4v) is 3.40. The summed E-state index contributed by atoms with van der Waals surface area (Å²) in [6, 6.07) is 0. The molecule has 2 aliphatic rings. The van der Waals surface area contributed by atoms with E-state index in [2.05, 4.69) is 24.8 Å². The lowest BCUT2D eigenvalue weighted by atomic mass is 10.00. The number of hydrogen-bond acceptors (Lipinski definition) is 7. The van der Waals surface area contributed by atoms with Crippen molar-refractivity contribution in [1.82, 2.24) is 24.5 Å². The van der Waals surface area contributed by atoms with E-state index in [9.17, 15) is 5.11 Å². The maximum absolute atomic E-state index is 10.0. The van der Waals surface area contributed by atoms with Crippen LogP contribution in [-0.4, -0.2) is 48.8 Å². The number of nitrogen functional groups attached to an aromatic ring is 1. The number of aromatic nitrogens is 5. The minimum Gasteiger partial charge on any atom is -0.393 e. The average molecular weight is 287 g/mol. The van der Waals surface area contributed by atoms with Gasteiger partial charge in [0.1, 0.15) is 6.33 Å². The summed E-state index contributed by atoms with van der Waals surface area (Å²) in [5.74, 6) is 2.08. The van der Waals surface area contributed by atoms with Crippen LogP contribution in [-0.2, 0) is 0 Å². The molecule has 0 bridgehead atoms. The van der Waals surface area contributed by atoms with Gasteiger partial charge in [0.2, 0.25) is 17.8 Å². The van der Waals surface area contributed by atoms with Crippen LogP contribution in [0.15, 0.2) is 18.7 Å². The highest BCUT2D eigenvalue weighted by molar-refractivity contribution is 5.39. The van der Waals surface area contributed by atoms with E-state index >= 15 is 0 Å². The number of aliphatic hydroxyl groups excluding tert-OH is 1. The summed E-state index contributed by atoms with van der Waals surface area (Å²) >= 11 is 0. The van der Waals surface area contributed by atoms with E-state index in [0.29, 0.717) is 23.7 Å². The molecule has 2 fully saturated rings. The number of rotatable bonds is 2. The molecule has 0 aromatic carbocycles. The topological polar surface area (TPSA) is 106 Å². The molecule has 8 heteroatoms. The molecule has 0 amide bonds. The lowest BCUT2D eigenvalue weighted by Crippen LogP contribution is -2.27. The summed E-state index contributed by atoms with van der Waals surface area (Å²) in [7, 11) is 0. The molecule has 0 radical (unpaired) electrons. The molecule has 1 aliphatic heterocycles. The van der Waals surface area contributed by atoms with Crippen molar-refractivity contribution < 1.29 is 5.11 Å². The van der Waals surface area contributed by atoms with Gasteiger partial charge in [-0.2, -0.15) is 15.0 Å². The predicted octanol–water partition coefficient (Wildman–Crippen LogP) is -0.153. The highest BCUT2D eigenvalue weighted by Gasteiger charge is 2.42. The van der Waals surface area contributed by atoms with E-state index in [1.807, 2.05) is 0 Å². The lowest BCUT2D eigenvalue weighted by Gasteiger charge is -2.18. The molecule has 110 valence electrons. The van der Waals surface area contributed by atoms with Crippen LogP contribution in [0.4, 0.5) is 11.9 Å². The molecule has 3 N–H and O–H groups in total. The maximum Gasteiger partial charge on any atom is 0.241 e. The van der Waals surface area contributed by atoms with Gasteiger partial charge in [0.25, 0.3) is 0 Å². The van der Waals surface area contributed by atoms with Crippen molar-refractivity contribution in [2.75, 3.05) is 23.7 Å². The van der Waals surface area contributed by atoms with Gasteiger partial charge in [-0.1, -0.05) is 0 Å². The van der Waals surface area contributed by atoms with Crippen molar-refractivity contribution in [3.63, 3.8) is 0 Å². The van der Waals surface area contributed by atoms with Gasteiger partial charge in [0.15, 0.2) is 0 Å². The summed E-state index contributed by atoms with van der Waals surface area (Å²) in [5, 5.41) is 10.0. The summed E-state index contributed by atoms with van der Waals surface area (Å²) < 4.78 is 1.70. The Bertz CT molecular complexity index is 644. The Morgan fingerprint density at radius 2 is 2.00 bits per heavy atom. The van der Waals surface area contributed by atoms with E-state index in [0.717, 1.165) is 25.9 Å². The number of imidazole rings is 1. The van der Waals surface area contributed by atoms with E-state index < -0.39 is 0 Å². The summed E-state index contributed by atoms with van der Waals surface area (Å²) in [4.78, 5) is 18.9. The Hall–Kier alpha value is -2.22. The standard InChI is InChI=1S/C13H17N7O/c14-11-16-12(19-4-3-15-7-19)18-13(17-11)20-5-8-1-2-10(21)9(8)6-20/h3-4,7-10,21H,1-2,5-6H2,(H2,14,16,17,18). The first-order valence-corrected chi connectivity index (χ1v) is 7.13. The third kappa shape index (κ3) is 2.11. The Morgan fingerprint density at radius 3 is 2.76 bits per heavy atom. The van der Waals surface area contributed by atoms with E-state index in [4.69, 9.17) is 5.73 Å². The van der Waals surface area contributed by atoms with E-state index in [1.165, 1.54) is 0 Å². The van der Waals surface area contributed by atoms with Crippen LogP contribution in [0.1, 0.15) is 12.8 Å². The second-order valence-electron chi connectivity index (χ2n) is 5.74. The molecule has 1 saturated heterocycles. The second kappa shape index (κ2) is 4.66. The van der Waals surface area contributed by atoms with E-state index in [1.54, 1.807) is 23.3 Å². The molecule has 2 aromatic rings. The summed E-state index contributed by atoms with van der Waals surface area (Å²) in [6.07, 6.45) is 6.82. The molecule has 1 aliphatic carbocycles. The fourth-order valence-electron chi connectivity index (χ4n) is 3.40. The lowest BCUT2D eigenvalue weighted by molar-refractivity contribution is 0.133. The van der Waals surface area contributed by atoms with Crippen LogP contribution in [0.25, 0.3) is 5.95 Å². The number of hydrogen-bond donors (Lipinski definition) is 2. The van der Waals surface area contributed by atoms with Gasteiger partial charge in [-0.3, -0.25) is 4.57 Å². The van der Waals surface area contributed by atoms with Crippen LogP contribution in [0.3, 0.4) is 0 Å². The number of anilines is 2. The maximum atomic E-state index is 10.0. The minimum absolute atomic E-state index is 0.196. The molecule has 0 spiro atoms. The zero-order chi connectivity index (χ0) is 14.4. The van der Waals surface area contributed by atoms with Gasteiger partial charge in [-0.25, -0.2) is 4.98 Å². The normalized spacial score (nSPS) is 28.0. The monoisotopic (exact) mass is 287 g/mol. The van der Waals surface area contributed by atoms with Gasteiger partial charge >= 0.3 is 0 Å². The zero-order valence-corrected chi connectivity index (χ0v) is 11.5. The molecule has 2 aromatic heterocycles. The minimum atomic E-state index is -0.202. The van der Waals surface area contributed by atoms with Crippen LogP contribution in [0, 0.1) is 11.8 Å². The highest BCUT2D eigenvalue weighted by atomic mass is 16.3. The third-order valence-electron chi connectivity index (χ3n) is 4.47. The smallest absolute Gasteiger partial charge is 0.241 e. The zero-order valence-electron chi connectivity index (χ0n) is 11.5. The van der Waals surface area contributed by atoms with Crippen LogP contribution in [0.5, 0.6) is 0 Å². The van der Waals surface area contributed by atoms with Crippen LogP contribution < -0.4 is 10.6 Å². The van der Waals surface area contributed by atoms with Gasteiger partial charge in [0.05, 0.1) is 6.10 Å². The van der Waals surface area contributed by atoms with Crippen molar-refractivity contribution >= 4 is 11.9 Å². The quantitative estimate of drug-likeness (QED) is 0.791. The first kappa shape index (κ1) is 12.5. The first-order valence-electron chi connectivity index (χ1n) is 7.13. The molecule has 3 atom stereocenters.